The minimum atomic E-state index is -4.53. The molecule has 8 atom stereocenters. The van der Waals surface area contributed by atoms with Crippen LogP contribution in [0.5, 0.6) is 0 Å². The third kappa shape index (κ3) is 3.30. The Kier molecular flexibility index (Phi) is 4.99. The summed E-state index contributed by atoms with van der Waals surface area (Å²) in [5, 5.41) is 17.9. The Morgan fingerprint density at radius 1 is 1.00 bits per heavy atom. The molecule has 4 fully saturated rings. The second-order valence-corrected chi connectivity index (χ2v) is 10.3. The molecule has 1 aromatic heterocycles. The van der Waals surface area contributed by atoms with Gasteiger partial charge in [-0.05, 0) is 93.3 Å². The number of alkyl halides is 3. The van der Waals surface area contributed by atoms with Crippen molar-refractivity contribution >= 4 is 5.78 Å². The molecule has 8 heteroatoms. The van der Waals surface area contributed by atoms with Crippen molar-refractivity contribution in [3.8, 4) is 0 Å². The lowest BCUT2D eigenvalue weighted by molar-refractivity contribution is -0.281. The van der Waals surface area contributed by atoms with Gasteiger partial charge in [-0.15, -0.1) is 5.10 Å². The van der Waals surface area contributed by atoms with Crippen LogP contribution in [-0.4, -0.2) is 37.7 Å². The maximum atomic E-state index is 13.4. The van der Waals surface area contributed by atoms with Crippen molar-refractivity contribution in [1.82, 2.24) is 15.0 Å². The lowest BCUT2D eigenvalue weighted by Gasteiger charge is -2.54. The largest absolute Gasteiger partial charge is 0.417 e. The van der Waals surface area contributed by atoms with E-state index in [0.29, 0.717) is 36.0 Å². The lowest BCUT2D eigenvalue weighted by Crippen LogP contribution is -2.54. The number of fused-ring (bicyclic) bond motifs is 5. The molecule has 166 valence electrons. The smallest absolute Gasteiger partial charge is 0.380 e. The number of aliphatic hydroxyl groups is 1. The molecule has 1 heterocycles. The molecule has 0 saturated heterocycles. The van der Waals surface area contributed by atoms with Gasteiger partial charge < -0.3 is 5.11 Å². The molecule has 4 aliphatic carbocycles. The fourth-order valence-corrected chi connectivity index (χ4v) is 7.79. The quantitative estimate of drug-likeness (QED) is 0.794. The summed E-state index contributed by atoms with van der Waals surface area (Å²) in [5.41, 5.74) is -2.50. The van der Waals surface area contributed by atoms with Crippen LogP contribution in [0, 0.1) is 41.4 Å². The highest BCUT2D eigenvalue weighted by molar-refractivity contribution is 5.81. The third-order valence-corrected chi connectivity index (χ3v) is 9.06. The van der Waals surface area contributed by atoms with Crippen molar-refractivity contribution in [1.29, 1.82) is 0 Å². The van der Waals surface area contributed by atoms with E-state index in [0.717, 1.165) is 38.5 Å². The number of hydrogen-bond donors (Lipinski definition) is 1. The summed E-state index contributed by atoms with van der Waals surface area (Å²) < 4.78 is 41.7. The number of carbonyl (C=O) groups is 1. The average molecular weight is 425 g/mol. The first-order chi connectivity index (χ1) is 14.3. The molecule has 5 rings (SSSR count). The molecule has 6 unspecified atom stereocenters. The molecule has 0 amide bonds. The van der Waals surface area contributed by atoms with Crippen LogP contribution >= 0.6 is 0 Å². The van der Waals surface area contributed by atoms with E-state index in [1.54, 1.807) is 17.1 Å². The second-order valence-electron chi connectivity index (χ2n) is 10.3. The van der Waals surface area contributed by atoms with Gasteiger partial charge in [0.1, 0.15) is 6.54 Å². The van der Waals surface area contributed by atoms with E-state index in [-0.39, 0.29) is 37.0 Å². The summed E-state index contributed by atoms with van der Waals surface area (Å²) in [7, 11) is 0. The number of carbonyl (C=O) groups excluding carboxylic acids is 1. The fourth-order valence-electron chi connectivity index (χ4n) is 7.79. The molecule has 30 heavy (non-hydrogen) atoms. The van der Waals surface area contributed by atoms with Crippen molar-refractivity contribution in [2.45, 2.75) is 76.1 Å². The Morgan fingerprint density at radius 2 is 1.67 bits per heavy atom. The standard InChI is InChI=1S/C22H30F3N3O2/c23-22(24,25)21(30)8-7-14-13(11-21)1-2-16-15(14)3-4-18-17(16)5-6-19(18)20(29)12-28-10-9-26-27-28/h9-10,13-19,30H,1-8,11-12H2/t13-,14?,15?,16?,17?,18?,19?,21-/m1/s1. The zero-order valence-electron chi connectivity index (χ0n) is 17.1. The lowest BCUT2D eigenvalue weighted by atomic mass is 9.52. The van der Waals surface area contributed by atoms with Crippen molar-refractivity contribution in [2.75, 3.05) is 0 Å². The molecule has 1 aromatic rings. The van der Waals surface area contributed by atoms with Crippen LogP contribution in [0.4, 0.5) is 13.2 Å². The predicted molar refractivity (Wildman–Crippen MR) is 102 cm³/mol. The van der Waals surface area contributed by atoms with Crippen LogP contribution in [0.25, 0.3) is 0 Å². The average Bonchev–Trinajstić information content (AvgIpc) is 3.36. The number of ketones is 1. The fraction of sp³-hybridized carbons (Fsp3) is 0.864. The van der Waals surface area contributed by atoms with E-state index in [9.17, 15) is 23.1 Å². The molecule has 0 radical (unpaired) electrons. The number of halogens is 3. The van der Waals surface area contributed by atoms with E-state index < -0.39 is 11.8 Å². The summed E-state index contributed by atoms with van der Waals surface area (Å²) in [6.07, 6.45) is 4.70. The molecule has 0 bridgehead atoms. The first-order valence-corrected chi connectivity index (χ1v) is 11.4. The predicted octanol–water partition coefficient (Wildman–Crippen LogP) is 4.02. The van der Waals surface area contributed by atoms with Crippen LogP contribution in [0.3, 0.4) is 0 Å². The Bertz CT molecular complexity index is 783. The zero-order valence-corrected chi connectivity index (χ0v) is 17.1. The summed E-state index contributed by atoms with van der Waals surface area (Å²) in [6.45, 7) is 0.280. The van der Waals surface area contributed by atoms with Gasteiger partial charge in [0, 0.05) is 12.1 Å². The van der Waals surface area contributed by atoms with Gasteiger partial charge in [0.25, 0.3) is 0 Å². The van der Waals surface area contributed by atoms with Crippen molar-refractivity contribution < 1.29 is 23.1 Å². The molecule has 0 aliphatic heterocycles. The Hall–Kier alpha value is -1.44. The van der Waals surface area contributed by atoms with Gasteiger partial charge in [0.05, 0.1) is 6.20 Å². The van der Waals surface area contributed by atoms with Crippen molar-refractivity contribution in [3.63, 3.8) is 0 Å². The minimum absolute atomic E-state index is 0.0191. The minimum Gasteiger partial charge on any atom is -0.380 e. The van der Waals surface area contributed by atoms with Crippen LogP contribution in [0.1, 0.15) is 57.8 Å². The second kappa shape index (κ2) is 7.31. The maximum Gasteiger partial charge on any atom is 0.417 e. The number of nitrogens with zero attached hydrogens (tertiary/aromatic N) is 3. The molecule has 5 nitrogen and oxygen atoms in total. The molecular formula is C22H30F3N3O2. The van der Waals surface area contributed by atoms with Gasteiger partial charge in [-0.1, -0.05) is 5.21 Å². The van der Waals surface area contributed by atoms with Crippen LogP contribution < -0.4 is 0 Å². The van der Waals surface area contributed by atoms with Crippen LogP contribution in [0.15, 0.2) is 12.4 Å². The van der Waals surface area contributed by atoms with Crippen molar-refractivity contribution in [2.24, 2.45) is 41.4 Å². The van der Waals surface area contributed by atoms with E-state index in [1.165, 1.54) is 0 Å². The highest BCUT2D eigenvalue weighted by atomic mass is 19.4. The summed E-state index contributed by atoms with van der Waals surface area (Å²) in [4.78, 5) is 12.9. The maximum absolute atomic E-state index is 13.4. The van der Waals surface area contributed by atoms with Gasteiger partial charge in [0.15, 0.2) is 11.4 Å². The first kappa shape index (κ1) is 20.5. The SMILES string of the molecule is O=C(Cn1ccnn1)C1CCC2C1CCC1C2CC[C@@H]2C[C@@](O)(C(F)(F)F)CCC12. The highest BCUT2D eigenvalue weighted by Gasteiger charge is 2.60. The van der Waals surface area contributed by atoms with Gasteiger partial charge in [0.2, 0.25) is 0 Å². The highest BCUT2D eigenvalue weighted by Crippen LogP contribution is 2.61. The van der Waals surface area contributed by atoms with Gasteiger partial charge in [-0.3, -0.25) is 4.79 Å². The molecular weight excluding hydrogens is 395 g/mol. The number of Topliss-reactive ketones (excluding diaryl/α,β-unsaturated/α-hetero) is 1. The number of rotatable bonds is 3. The Labute approximate surface area is 174 Å². The van der Waals surface area contributed by atoms with E-state index in [4.69, 9.17) is 0 Å². The Balaban J connectivity index is 1.26. The molecule has 4 aliphatic rings. The van der Waals surface area contributed by atoms with Crippen LogP contribution in [-0.2, 0) is 11.3 Å². The van der Waals surface area contributed by atoms with E-state index in [1.807, 2.05) is 0 Å². The normalized spacial score (nSPS) is 43.5. The summed E-state index contributed by atoms with van der Waals surface area (Å²) in [6, 6.07) is 0. The van der Waals surface area contributed by atoms with Crippen molar-refractivity contribution in [3.05, 3.63) is 12.4 Å². The van der Waals surface area contributed by atoms with E-state index in [2.05, 4.69) is 10.3 Å². The molecule has 0 spiro atoms. The van der Waals surface area contributed by atoms with Gasteiger partial charge >= 0.3 is 6.18 Å². The van der Waals surface area contributed by atoms with Gasteiger partial charge in [-0.2, -0.15) is 13.2 Å². The molecule has 1 N–H and O–H groups in total. The summed E-state index contributed by atoms with van der Waals surface area (Å²) >= 11 is 0. The Morgan fingerprint density at radius 3 is 2.40 bits per heavy atom. The molecule has 4 saturated carbocycles. The zero-order chi connectivity index (χ0) is 21.1. The molecule has 0 aromatic carbocycles. The summed E-state index contributed by atoms with van der Waals surface area (Å²) in [5.74, 6) is 2.55. The number of aromatic nitrogens is 3. The topological polar surface area (TPSA) is 68.0 Å². The monoisotopic (exact) mass is 425 g/mol. The first-order valence-electron chi connectivity index (χ1n) is 11.4. The number of hydrogen-bond acceptors (Lipinski definition) is 4. The van der Waals surface area contributed by atoms with Crippen LogP contribution in [0.2, 0.25) is 0 Å². The third-order valence-electron chi connectivity index (χ3n) is 9.06. The van der Waals surface area contributed by atoms with E-state index >= 15 is 0 Å². The van der Waals surface area contributed by atoms with Gasteiger partial charge in [-0.25, -0.2) is 4.68 Å².